The Morgan fingerprint density at radius 3 is 3.17 bits per heavy atom. The van der Waals surface area contributed by atoms with Gasteiger partial charge in [0.2, 0.25) is 0 Å². The Balaban J connectivity index is 1.92. The first-order valence-corrected chi connectivity index (χ1v) is 4.13. The van der Waals surface area contributed by atoms with Crippen molar-refractivity contribution in [1.82, 2.24) is 15.2 Å². The van der Waals surface area contributed by atoms with Crippen LogP contribution in [-0.2, 0) is 7.05 Å². The van der Waals surface area contributed by atoms with E-state index >= 15 is 0 Å². The minimum Gasteiger partial charge on any atom is -0.307 e. The molecule has 1 aromatic rings. The van der Waals surface area contributed by atoms with Gasteiger partial charge in [0.1, 0.15) is 0 Å². The first kappa shape index (κ1) is 7.34. The second kappa shape index (κ2) is 2.97. The molecule has 2 rings (SSSR count). The third-order valence-electron chi connectivity index (χ3n) is 1.89. The van der Waals surface area contributed by atoms with Crippen LogP contribution in [0, 0.1) is 0 Å². The van der Waals surface area contributed by atoms with Crippen LogP contribution in [0.3, 0.4) is 0 Å². The number of rotatable bonds is 3. The minimum atomic E-state index is 0.620. The van der Waals surface area contributed by atoms with Crippen LogP contribution in [0.1, 0.15) is 18.5 Å². The summed E-state index contributed by atoms with van der Waals surface area (Å²) < 4.78 is 1.79. The van der Waals surface area contributed by atoms with Crippen molar-refractivity contribution < 1.29 is 0 Å². The molecule has 1 heterocycles. The molecule has 64 valence electrons. The number of nitrogens with zero attached hydrogens (tertiary/aromatic N) is 3. The van der Waals surface area contributed by atoms with E-state index in [0.717, 1.165) is 5.69 Å². The number of hydrogen-bond donors (Lipinski definition) is 1. The topological polar surface area (TPSA) is 42.2 Å². The standard InChI is InChI=1S/C8H12N4/c1-12-8(4-5-10-12)6-9-11-7-2-3-7/h4-7,11H,2-3H2,1H3/b9-6+. The maximum atomic E-state index is 4.10. The van der Waals surface area contributed by atoms with E-state index in [0.29, 0.717) is 6.04 Å². The maximum Gasteiger partial charge on any atom is 0.0807 e. The lowest BCUT2D eigenvalue weighted by atomic mass is 10.5. The molecule has 0 spiro atoms. The van der Waals surface area contributed by atoms with Gasteiger partial charge in [-0.1, -0.05) is 0 Å². The predicted octanol–water partition coefficient (Wildman–Crippen LogP) is 0.506. The molecule has 4 nitrogen and oxygen atoms in total. The van der Waals surface area contributed by atoms with E-state index < -0.39 is 0 Å². The molecule has 0 unspecified atom stereocenters. The number of hydrazone groups is 1. The van der Waals surface area contributed by atoms with Crippen LogP contribution in [0.2, 0.25) is 0 Å². The van der Waals surface area contributed by atoms with Crippen LogP contribution >= 0.6 is 0 Å². The van der Waals surface area contributed by atoms with Crippen LogP contribution in [0.4, 0.5) is 0 Å². The summed E-state index contributed by atoms with van der Waals surface area (Å²) in [5, 5.41) is 8.13. The molecule has 1 saturated carbocycles. The van der Waals surface area contributed by atoms with Gasteiger partial charge in [-0.15, -0.1) is 0 Å². The van der Waals surface area contributed by atoms with Crippen molar-refractivity contribution in [1.29, 1.82) is 0 Å². The van der Waals surface area contributed by atoms with Gasteiger partial charge in [0.15, 0.2) is 0 Å². The fraction of sp³-hybridized carbons (Fsp3) is 0.500. The molecule has 1 N–H and O–H groups in total. The average molecular weight is 164 g/mol. The fourth-order valence-electron chi connectivity index (χ4n) is 0.932. The predicted molar refractivity (Wildman–Crippen MR) is 47.0 cm³/mol. The molecule has 0 atom stereocenters. The van der Waals surface area contributed by atoms with Crippen LogP contribution in [-0.4, -0.2) is 22.0 Å². The molecule has 1 aliphatic rings. The summed E-state index contributed by atoms with van der Waals surface area (Å²) in [6.07, 6.45) is 6.06. The third kappa shape index (κ3) is 1.64. The first-order valence-electron chi connectivity index (χ1n) is 4.13. The van der Waals surface area contributed by atoms with Crippen molar-refractivity contribution in [3.8, 4) is 0 Å². The largest absolute Gasteiger partial charge is 0.307 e. The highest BCUT2D eigenvalue weighted by atomic mass is 15.3. The van der Waals surface area contributed by atoms with Crippen molar-refractivity contribution in [2.24, 2.45) is 12.1 Å². The number of aryl methyl sites for hydroxylation is 1. The Labute approximate surface area is 71.3 Å². The summed E-state index contributed by atoms with van der Waals surface area (Å²) in [4.78, 5) is 0. The molecule has 4 heteroatoms. The molecule has 0 bridgehead atoms. The second-order valence-corrected chi connectivity index (χ2v) is 3.04. The van der Waals surface area contributed by atoms with Crippen molar-refractivity contribution in [3.05, 3.63) is 18.0 Å². The highest BCUT2D eigenvalue weighted by Gasteiger charge is 2.19. The summed E-state index contributed by atoms with van der Waals surface area (Å²) in [7, 11) is 1.90. The van der Waals surface area contributed by atoms with E-state index in [1.54, 1.807) is 17.1 Å². The maximum absolute atomic E-state index is 4.10. The molecule has 0 saturated heterocycles. The van der Waals surface area contributed by atoms with E-state index in [9.17, 15) is 0 Å². The van der Waals surface area contributed by atoms with Gasteiger partial charge in [0.05, 0.1) is 11.9 Å². The zero-order chi connectivity index (χ0) is 8.39. The normalized spacial score (nSPS) is 17.1. The minimum absolute atomic E-state index is 0.620. The Morgan fingerprint density at radius 1 is 1.75 bits per heavy atom. The molecule has 0 amide bonds. The summed E-state index contributed by atoms with van der Waals surface area (Å²) in [5.41, 5.74) is 4.07. The zero-order valence-electron chi connectivity index (χ0n) is 7.07. The van der Waals surface area contributed by atoms with E-state index in [1.165, 1.54) is 12.8 Å². The van der Waals surface area contributed by atoms with Gasteiger partial charge in [-0.25, -0.2) is 0 Å². The quantitative estimate of drug-likeness (QED) is 0.522. The number of hydrogen-bond acceptors (Lipinski definition) is 3. The summed E-state index contributed by atoms with van der Waals surface area (Å²) in [6.45, 7) is 0. The van der Waals surface area contributed by atoms with Crippen LogP contribution in [0.15, 0.2) is 17.4 Å². The molecule has 0 radical (unpaired) electrons. The van der Waals surface area contributed by atoms with Crippen LogP contribution in [0.25, 0.3) is 0 Å². The lowest BCUT2D eigenvalue weighted by molar-refractivity contribution is 0.732. The first-order chi connectivity index (χ1) is 5.86. The smallest absolute Gasteiger partial charge is 0.0807 e. The van der Waals surface area contributed by atoms with Gasteiger partial charge in [-0.3, -0.25) is 4.68 Å². The Bertz CT molecular complexity index is 285. The van der Waals surface area contributed by atoms with Gasteiger partial charge < -0.3 is 5.43 Å². The van der Waals surface area contributed by atoms with Gasteiger partial charge in [-0.2, -0.15) is 10.2 Å². The number of nitrogens with one attached hydrogen (secondary N) is 1. The van der Waals surface area contributed by atoms with E-state index in [-0.39, 0.29) is 0 Å². The molecule has 1 fully saturated rings. The lowest BCUT2D eigenvalue weighted by Crippen LogP contribution is -2.08. The van der Waals surface area contributed by atoms with E-state index in [4.69, 9.17) is 0 Å². The Hall–Kier alpha value is -1.32. The lowest BCUT2D eigenvalue weighted by Gasteiger charge is -1.94. The molecule has 12 heavy (non-hydrogen) atoms. The van der Waals surface area contributed by atoms with Crippen LogP contribution in [0.5, 0.6) is 0 Å². The molecule has 0 aliphatic heterocycles. The second-order valence-electron chi connectivity index (χ2n) is 3.04. The monoisotopic (exact) mass is 164 g/mol. The van der Waals surface area contributed by atoms with Crippen molar-refractivity contribution >= 4 is 6.21 Å². The summed E-state index contributed by atoms with van der Waals surface area (Å²) >= 11 is 0. The van der Waals surface area contributed by atoms with Gasteiger partial charge in [0.25, 0.3) is 0 Å². The average Bonchev–Trinajstić information content (AvgIpc) is 2.78. The molecule has 0 aromatic carbocycles. The SMILES string of the molecule is Cn1nccc1/C=N/NC1CC1. The summed E-state index contributed by atoms with van der Waals surface area (Å²) in [5.74, 6) is 0. The Morgan fingerprint density at radius 2 is 2.58 bits per heavy atom. The van der Waals surface area contributed by atoms with Gasteiger partial charge >= 0.3 is 0 Å². The van der Waals surface area contributed by atoms with E-state index in [2.05, 4.69) is 15.6 Å². The van der Waals surface area contributed by atoms with Crippen molar-refractivity contribution in [3.63, 3.8) is 0 Å². The molecule has 1 aliphatic carbocycles. The zero-order valence-corrected chi connectivity index (χ0v) is 7.07. The van der Waals surface area contributed by atoms with Crippen molar-refractivity contribution in [2.45, 2.75) is 18.9 Å². The third-order valence-corrected chi connectivity index (χ3v) is 1.89. The number of aromatic nitrogens is 2. The van der Waals surface area contributed by atoms with Gasteiger partial charge in [0, 0.05) is 19.3 Å². The highest BCUT2D eigenvalue weighted by molar-refractivity contribution is 5.76. The van der Waals surface area contributed by atoms with Crippen LogP contribution < -0.4 is 5.43 Å². The summed E-state index contributed by atoms with van der Waals surface area (Å²) in [6, 6.07) is 2.55. The van der Waals surface area contributed by atoms with Crippen molar-refractivity contribution in [2.75, 3.05) is 0 Å². The molecular formula is C8H12N4. The molecule has 1 aromatic heterocycles. The van der Waals surface area contributed by atoms with E-state index in [1.807, 2.05) is 13.1 Å². The highest BCUT2D eigenvalue weighted by Crippen LogP contribution is 2.18. The fourth-order valence-corrected chi connectivity index (χ4v) is 0.932. The molecular weight excluding hydrogens is 152 g/mol. The Kier molecular flexibility index (Phi) is 1.81. The van der Waals surface area contributed by atoms with Gasteiger partial charge in [-0.05, 0) is 18.9 Å².